The lowest BCUT2D eigenvalue weighted by Gasteiger charge is -2.35. The molecule has 0 saturated heterocycles. The fourth-order valence-electron chi connectivity index (χ4n) is 1.45. The van der Waals surface area contributed by atoms with Crippen LogP contribution in [0, 0.1) is 0 Å². The van der Waals surface area contributed by atoms with Gasteiger partial charge in [0, 0.05) is 0 Å². The minimum Gasteiger partial charge on any atom is -0.747 e. The van der Waals surface area contributed by atoms with Crippen LogP contribution in [0.2, 0.25) is 0 Å². The average Bonchev–Trinajstić information content (AvgIpc) is 2.11. The molecule has 15 heavy (non-hydrogen) atoms. The minimum atomic E-state index is -4.38. The quantitative estimate of drug-likeness (QED) is 0.478. The molecule has 0 spiro atoms. The first kappa shape index (κ1) is 15.0. The minimum absolute atomic E-state index is 0.241. The molecule has 0 N–H and O–H groups in total. The highest BCUT2D eigenvalue weighted by Crippen LogP contribution is 2.08. The summed E-state index contributed by atoms with van der Waals surface area (Å²) in [5.74, 6) is 0.241. The molecule has 0 aromatic carbocycles. The Kier molecular flexibility index (Phi) is 5.94. The molecular formula is C8H19NO4S2. The van der Waals surface area contributed by atoms with Gasteiger partial charge in [0.05, 0.1) is 30.4 Å². The predicted molar refractivity (Wildman–Crippen MR) is 59.5 cm³/mol. The van der Waals surface area contributed by atoms with Gasteiger partial charge in [-0.15, -0.1) is 0 Å². The number of hydrogen-bond donors (Lipinski definition) is 0. The summed E-state index contributed by atoms with van der Waals surface area (Å²) < 4.78 is 43.4. The Bertz CT molecular complexity index is 300. The zero-order valence-electron chi connectivity index (χ0n) is 9.43. The van der Waals surface area contributed by atoms with Gasteiger partial charge in [-0.2, -0.15) is 0 Å². The summed E-state index contributed by atoms with van der Waals surface area (Å²) in [7, 11) is -5.97. The van der Waals surface area contributed by atoms with Crippen LogP contribution in [0.15, 0.2) is 0 Å². The van der Waals surface area contributed by atoms with Gasteiger partial charge in [-0.05, 0) is 20.8 Å². The van der Waals surface area contributed by atoms with E-state index in [9.17, 15) is 17.2 Å². The molecule has 0 aliphatic heterocycles. The number of nitrogens with zero attached hydrogens (tertiary/aromatic N) is 1. The van der Waals surface area contributed by atoms with Gasteiger partial charge in [0.15, 0.2) is 5.88 Å². The van der Waals surface area contributed by atoms with Gasteiger partial charge < -0.3 is 9.04 Å². The third-order valence-corrected chi connectivity index (χ3v) is 5.75. The van der Waals surface area contributed by atoms with Crippen molar-refractivity contribution in [1.82, 2.24) is 0 Å². The molecule has 0 aliphatic rings. The maximum Gasteiger partial charge on any atom is 0.155 e. The summed E-state index contributed by atoms with van der Waals surface area (Å²) in [6.45, 7) is 8.27. The fourth-order valence-corrected chi connectivity index (χ4v) is 4.19. The summed E-state index contributed by atoms with van der Waals surface area (Å²) >= 11 is 0. The van der Waals surface area contributed by atoms with Crippen LogP contribution in [0.25, 0.3) is 0 Å². The molecule has 1 atom stereocenters. The topological polar surface area (TPSA) is 74.3 Å². The first-order valence-electron chi connectivity index (χ1n) is 4.92. The number of rotatable bonds is 7. The van der Waals surface area contributed by atoms with Crippen LogP contribution >= 0.6 is 0 Å². The molecule has 0 radical (unpaired) electrons. The molecular weight excluding hydrogens is 238 g/mol. The standard InChI is InChI=1S/C8H19NO4S2/c1-4-9(5-2,6-3)7-14(10)8-15(11,12)13/h4-8H2,1-3H3. The molecule has 0 fully saturated rings. The van der Waals surface area contributed by atoms with Crippen LogP contribution in [0.3, 0.4) is 0 Å². The van der Waals surface area contributed by atoms with Crippen molar-refractivity contribution >= 4 is 20.9 Å². The zero-order chi connectivity index (χ0) is 12.1. The molecule has 5 nitrogen and oxygen atoms in total. The molecule has 0 aromatic heterocycles. The first-order chi connectivity index (χ1) is 6.78. The molecule has 0 aliphatic carbocycles. The van der Waals surface area contributed by atoms with Crippen LogP contribution < -0.4 is 0 Å². The normalized spacial score (nSPS) is 15.2. The van der Waals surface area contributed by atoms with E-state index in [-0.39, 0.29) is 5.88 Å². The van der Waals surface area contributed by atoms with Gasteiger partial charge in [0.2, 0.25) is 0 Å². The lowest BCUT2D eigenvalue weighted by atomic mass is 10.4. The maximum absolute atomic E-state index is 11.5. The van der Waals surface area contributed by atoms with Crippen molar-refractivity contribution in [3.8, 4) is 0 Å². The Hall–Kier alpha value is 0.0200. The third-order valence-electron chi connectivity index (χ3n) is 2.71. The second-order valence-electron chi connectivity index (χ2n) is 3.53. The Labute approximate surface area is 94.3 Å². The van der Waals surface area contributed by atoms with Crippen LogP contribution in [0.1, 0.15) is 20.8 Å². The highest BCUT2D eigenvalue weighted by molar-refractivity contribution is 8.02. The second kappa shape index (κ2) is 5.93. The summed E-state index contributed by atoms with van der Waals surface area (Å²) in [6, 6.07) is 0. The summed E-state index contributed by atoms with van der Waals surface area (Å²) in [5.41, 5.74) is 0. The van der Waals surface area contributed by atoms with E-state index in [1.807, 2.05) is 20.8 Å². The first-order valence-corrected chi connectivity index (χ1v) is 7.98. The lowest BCUT2D eigenvalue weighted by Crippen LogP contribution is -2.50. The van der Waals surface area contributed by atoms with Gasteiger partial charge in [-0.25, -0.2) is 8.42 Å². The molecule has 7 heteroatoms. The fraction of sp³-hybridized carbons (Fsp3) is 1.00. The van der Waals surface area contributed by atoms with Crippen molar-refractivity contribution in [1.29, 1.82) is 0 Å². The Balaban J connectivity index is 4.50. The van der Waals surface area contributed by atoms with E-state index in [0.717, 1.165) is 19.6 Å². The van der Waals surface area contributed by atoms with E-state index < -0.39 is 26.0 Å². The Morgan fingerprint density at radius 1 is 1.13 bits per heavy atom. The molecule has 92 valence electrons. The predicted octanol–water partition coefficient (Wildman–Crippen LogP) is 0.0718. The van der Waals surface area contributed by atoms with Crippen LogP contribution in [-0.4, -0.2) is 52.3 Å². The Morgan fingerprint density at radius 3 is 1.80 bits per heavy atom. The van der Waals surface area contributed by atoms with E-state index >= 15 is 0 Å². The molecule has 0 rings (SSSR count). The van der Waals surface area contributed by atoms with Crippen molar-refractivity contribution in [2.45, 2.75) is 20.8 Å². The molecule has 0 amide bonds. The van der Waals surface area contributed by atoms with E-state index in [4.69, 9.17) is 0 Å². The average molecular weight is 257 g/mol. The third kappa shape index (κ3) is 5.60. The van der Waals surface area contributed by atoms with Crippen LogP contribution in [0.5, 0.6) is 0 Å². The van der Waals surface area contributed by atoms with Gasteiger partial charge >= 0.3 is 0 Å². The van der Waals surface area contributed by atoms with E-state index in [1.165, 1.54) is 0 Å². The molecule has 0 bridgehead atoms. The summed E-state index contributed by atoms with van der Waals surface area (Å²) in [6.07, 6.45) is 0. The zero-order valence-corrected chi connectivity index (χ0v) is 11.1. The summed E-state index contributed by atoms with van der Waals surface area (Å²) in [5, 5.41) is -0.771. The smallest absolute Gasteiger partial charge is 0.155 e. The number of quaternary nitrogens is 1. The number of hydrogen-bond acceptors (Lipinski definition) is 4. The van der Waals surface area contributed by atoms with Crippen molar-refractivity contribution in [2.75, 3.05) is 30.6 Å². The Morgan fingerprint density at radius 2 is 1.53 bits per heavy atom. The summed E-state index contributed by atoms with van der Waals surface area (Å²) in [4.78, 5) is 0. The van der Waals surface area contributed by atoms with E-state index in [0.29, 0.717) is 4.48 Å². The maximum atomic E-state index is 11.5. The van der Waals surface area contributed by atoms with Gasteiger partial charge in [0.25, 0.3) is 0 Å². The monoisotopic (exact) mass is 257 g/mol. The molecule has 0 heterocycles. The van der Waals surface area contributed by atoms with Gasteiger partial charge in [0.1, 0.15) is 15.2 Å². The van der Waals surface area contributed by atoms with E-state index in [2.05, 4.69) is 0 Å². The molecule has 0 aromatic rings. The van der Waals surface area contributed by atoms with Gasteiger partial charge in [-0.3, -0.25) is 4.21 Å². The lowest BCUT2D eigenvalue weighted by molar-refractivity contribution is -0.911. The van der Waals surface area contributed by atoms with Crippen molar-refractivity contribution < 1.29 is 21.7 Å². The van der Waals surface area contributed by atoms with Crippen molar-refractivity contribution in [3.63, 3.8) is 0 Å². The molecule has 0 saturated carbocycles. The second-order valence-corrected chi connectivity index (χ2v) is 6.73. The largest absolute Gasteiger partial charge is 0.747 e. The highest BCUT2D eigenvalue weighted by atomic mass is 32.3. The van der Waals surface area contributed by atoms with Crippen molar-refractivity contribution in [3.05, 3.63) is 0 Å². The highest BCUT2D eigenvalue weighted by Gasteiger charge is 2.24. The van der Waals surface area contributed by atoms with Crippen molar-refractivity contribution in [2.24, 2.45) is 0 Å². The van der Waals surface area contributed by atoms with E-state index in [1.54, 1.807) is 0 Å². The van der Waals surface area contributed by atoms with Crippen LogP contribution in [0.4, 0.5) is 0 Å². The molecule has 1 unspecified atom stereocenters. The van der Waals surface area contributed by atoms with Crippen LogP contribution in [-0.2, 0) is 20.9 Å². The SMILES string of the molecule is CC[N+](CC)(CC)CS(=O)CS(=O)(=O)[O-]. The van der Waals surface area contributed by atoms with Gasteiger partial charge in [-0.1, -0.05) is 0 Å².